The number of halogens is 1. The van der Waals surface area contributed by atoms with Gasteiger partial charge in [-0.2, -0.15) is 0 Å². The Morgan fingerprint density at radius 3 is 2.67 bits per heavy atom. The number of methoxy groups -OCH3 is 2. The number of nitrogens with one attached hydrogen (secondary N) is 1. The van der Waals surface area contributed by atoms with Gasteiger partial charge in [0.2, 0.25) is 0 Å². The van der Waals surface area contributed by atoms with Crippen LogP contribution in [0, 0.1) is 11.3 Å². The first kappa shape index (κ1) is 23.4. The molecule has 1 heterocycles. The van der Waals surface area contributed by atoms with Crippen molar-refractivity contribution < 1.29 is 14.2 Å². The van der Waals surface area contributed by atoms with E-state index in [4.69, 9.17) is 19.2 Å². The molecule has 1 aliphatic heterocycles. The van der Waals surface area contributed by atoms with E-state index in [0.29, 0.717) is 23.5 Å². The molecule has 1 aromatic carbocycles. The summed E-state index contributed by atoms with van der Waals surface area (Å²) in [5.74, 6) is 3.22. The van der Waals surface area contributed by atoms with Gasteiger partial charge in [-0.3, -0.25) is 4.99 Å². The molecule has 0 amide bonds. The number of rotatable bonds is 7. The van der Waals surface area contributed by atoms with Crippen LogP contribution < -0.4 is 14.8 Å². The predicted octanol–water partition coefficient (Wildman–Crippen LogP) is 3.72. The van der Waals surface area contributed by atoms with Crippen molar-refractivity contribution in [3.8, 4) is 11.5 Å². The largest absolute Gasteiger partial charge is 0.493 e. The van der Waals surface area contributed by atoms with Crippen molar-refractivity contribution in [2.75, 3.05) is 41.0 Å². The maximum absolute atomic E-state index is 6.07. The Morgan fingerprint density at radius 1 is 1.27 bits per heavy atom. The summed E-state index contributed by atoms with van der Waals surface area (Å²) in [5.41, 5.74) is 1.59. The molecule has 6 nitrogen and oxygen atoms in total. The minimum absolute atomic E-state index is 0. The van der Waals surface area contributed by atoms with Crippen LogP contribution in [-0.2, 0) is 11.2 Å². The third-order valence-corrected chi connectivity index (χ3v) is 7.17. The molecule has 7 heteroatoms. The van der Waals surface area contributed by atoms with E-state index in [1.54, 1.807) is 14.2 Å². The Balaban J connectivity index is 0.00000256. The van der Waals surface area contributed by atoms with Crippen LogP contribution in [0.3, 0.4) is 0 Å². The van der Waals surface area contributed by atoms with Crippen molar-refractivity contribution in [3.63, 3.8) is 0 Å². The predicted molar refractivity (Wildman–Crippen MR) is 130 cm³/mol. The molecule has 1 aromatic rings. The number of fused-ring (bicyclic) bond motifs is 2. The smallest absolute Gasteiger partial charge is 0.193 e. The first-order valence-corrected chi connectivity index (χ1v) is 11.0. The van der Waals surface area contributed by atoms with Crippen LogP contribution in [0.15, 0.2) is 23.2 Å². The SMILES string of the molecule is CCN=C(NC1C2CCOC2C12CCC2)N(C)CCc1ccc(OC)c(OC)c1.I. The molecule has 1 N–H and O–H groups in total. The summed E-state index contributed by atoms with van der Waals surface area (Å²) >= 11 is 0. The van der Waals surface area contributed by atoms with Crippen molar-refractivity contribution in [1.29, 1.82) is 0 Å². The Hall–Kier alpha value is -1.22. The lowest BCUT2D eigenvalue weighted by molar-refractivity contribution is -0.171. The zero-order valence-electron chi connectivity index (χ0n) is 18.6. The number of aliphatic imine (C=N–C) groups is 1. The lowest BCUT2D eigenvalue weighted by Gasteiger charge is -2.63. The molecule has 0 aromatic heterocycles. The molecule has 30 heavy (non-hydrogen) atoms. The number of hydrogen-bond donors (Lipinski definition) is 1. The fourth-order valence-electron chi connectivity index (χ4n) is 5.46. The second-order valence-electron chi connectivity index (χ2n) is 8.61. The summed E-state index contributed by atoms with van der Waals surface area (Å²) in [6.45, 7) is 4.70. The molecule has 0 bridgehead atoms. The van der Waals surface area contributed by atoms with Crippen molar-refractivity contribution in [1.82, 2.24) is 10.2 Å². The molecular formula is C23H36IN3O3. The minimum Gasteiger partial charge on any atom is -0.493 e. The lowest BCUT2D eigenvalue weighted by atomic mass is 9.46. The topological polar surface area (TPSA) is 55.3 Å². The summed E-state index contributed by atoms with van der Waals surface area (Å²) < 4.78 is 16.9. The van der Waals surface area contributed by atoms with Gasteiger partial charge in [0.1, 0.15) is 0 Å². The Bertz CT molecular complexity index is 753. The highest BCUT2D eigenvalue weighted by molar-refractivity contribution is 14.0. The third-order valence-electron chi connectivity index (χ3n) is 7.17. The quantitative estimate of drug-likeness (QED) is 0.332. The summed E-state index contributed by atoms with van der Waals surface area (Å²) in [4.78, 5) is 7.06. The van der Waals surface area contributed by atoms with Crippen LogP contribution in [0.2, 0.25) is 0 Å². The number of likely N-dealkylation sites (N-methyl/N-ethyl adjacent to an activating group) is 1. The number of guanidine groups is 1. The van der Waals surface area contributed by atoms with Crippen molar-refractivity contribution in [2.45, 2.75) is 51.2 Å². The number of ether oxygens (including phenoxy) is 3. The molecule has 3 fully saturated rings. The first-order valence-electron chi connectivity index (χ1n) is 11.0. The van der Waals surface area contributed by atoms with Crippen LogP contribution in [-0.4, -0.2) is 64.0 Å². The molecule has 4 rings (SSSR count). The molecule has 0 radical (unpaired) electrons. The molecule has 3 unspecified atom stereocenters. The van der Waals surface area contributed by atoms with E-state index in [1.807, 2.05) is 6.07 Å². The summed E-state index contributed by atoms with van der Waals surface area (Å²) in [6.07, 6.45) is 6.50. The van der Waals surface area contributed by atoms with Gasteiger partial charge in [-0.05, 0) is 50.3 Å². The molecule has 3 atom stereocenters. The number of nitrogens with zero attached hydrogens (tertiary/aromatic N) is 2. The average molecular weight is 529 g/mol. The maximum Gasteiger partial charge on any atom is 0.193 e. The van der Waals surface area contributed by atoms with Crippen LogP contribution in [0.25, 0.3) is 0 Å². The number of hydrogen-bond acceptors (Lipinski definition) is 4. The Labute approximate surface area is 197 Å². The van der Waals surface area contributed by atoms with Crippen LogP contribution in [0.5, 0.6) is 11.5 Å². The second-order valence-corrected chi connectivity index (χ2v) is 8.61. The molecule has 1 saturated heterocycles. The molecular weight excluding hydrogens is 493 g/mol. The van der Waals surface area contributed by atoms with E-state index in [2.05, 4.69) is 36.3 Å². The van der Waals surface area contributed by atoms with Crippen molar-refractivity contribution >= 4 is 29.9 Å². The van der Waals surface area contributed by atoms with Gasteiger partial charge in [0, 0.05) is 44.1 Å². The van der Waals surface area contributed by atoms with E-state index in [1.165, 1.54) is 31.2 Å². The first-order chi connectivity index (χ1) is 14.1. The fourth-order valence-corrected chi connectivity index (χ4v) is 5.46. The molecule has 1 spiro atoms. The zero-order valence-corrected chi connectivity index (χ0v) is 21.0. The summed E-state index contributed by atoms with van der Waals surface area (Å²) in [6, 6.07) is 6.65. The molecule has 168 valence electrons. The highest BCUT2D eigenvalue weighted by Gasteiger charge is 2.66. The van der Waals surface area contributed by atoms with Crippen LogP contribution in [0.1, 0.15) is 38.2 Å². The van der Waals surface area contributed by atoms with Gasteiger partial charge < -0.3 is 24.4 Å². The van der Waals surface area contributed by atoms with Gasteiger partial charge in [-0.1, -0.05) is 12.5 Å². The van der Waals surface area contributed by atoms with Gasteiger partial charge >= 0.3 is 0 Å². The fraction of sp³-hybridized carbons (Fsp3) is 0.696. The maximum atomic E-state index is 6.07. The van der Waals surface area contributed by atoms with E-state index >= 15 is 0 Å². The normalized spacial score (nSPS) is 26.1. The van der Waals surface area contributed by atoms with E-state index in [-0.39, 0.29) is 24.0 Å². The van der Waals surface area contributed by atoms with Gasteiger partial charge in [0.25, 0.3) is 0 Å². The number of benzene rings is 1. The van der Waals surface area contributed by atoms with Crippen molar-refractivity contribution in [2.24, 2.45) is 16.3 Å². The van der Waals surface area contributed by atoms with Gasteiger partial charge in [-0.25, -0.2) is 0 Å². The third kappa shape index (κ3) is 4.11. The Kier molecular flexibility index (Phi) is 7.76. The van der Waals surface area contributed by atoms with Gasteiger partial charge in [0.05, 0.1) is 20.3 Å². The summed E-state index contributed by atoms with van der Waals surface area (Å²) in [7, 11) is 5.48. The molecule has 2 saturated carbocycles. The highest BCUT2D eigenvalue weighted by Crippen LogP contribution is 2.62. The second kappa shape index (κ2) is 9.94. The average Bonchev–Trinajstić information content (AvgIpc) is 3.12. The lowest BCUT2D eigenvalue weighted by Crippen LogP contribution is -2.72. The highest BCUT2D eigenvalue weighted by atomic mass is 127. The van der Waals surface area contributed by atoms with E-state index in [0.717, 1.165) is 43.6 Å². The van der Waals surface area contributed by atoms with Crippen LogP contribution in [0.4, 0.5) is 0 Å². The van der Waals surface area contributed by atoms with Gasteiger partial charge in [0.15, 0.2) is 17.5 Å². The van der Waals surface area contributed by atoms with E-state index < -0.39 is 0 Å². The van der Waals surface area contributed by atoms with Crippen LogP contribution >= 0.6 is 24.0 Å². The molecule has 3 aliphatic rings. The van der Waals surface area contributed by atoms with Crippen molar-refractivity contribution in [3.05, 3.63) is 23.8 Å². The Morgan fingerprint density at radius 2 is 2.03 bits per heavy atom. The minimum atomic E-state index is 0. The van der Waals surface area contributed by atoms with Gasteiger partial charge in [-0.15, -0.1) is 24.0 Å². The zero-order chi connectivity index (χ0) is 20.4. The summed E-state index contributed by atoms with van der Waals surface area (Å²) in [5, 5.41) is 3.85. The molecule has 2 aliphatic carbocycles. The van der Waals surface area contributed by atoms with E-state index in [9.17, 15) is 0 Å². The standard InChI is InChI=1S/C23H35N3O3.HI/c1-5-24-22(25-20-17-10-14-29-21(17)23(20)11-6-12-23)26(2)13-9-16-7-8-18(27-3)19(15-16)28-4;/h7-8,15,17,20-21H,5-6,9-14H2,1-4H3,(H,24,25);1H. The monoisotopic (exact) mass is 529 g/mol.